The Bertz CT molecular complexity index is 565. The van der Waals surface area contributed by atoms with Gasteiger partial charge >= 0.3 is 6.16 Å². The molecule has 1 rings (SSSR count). The summed E-state index contributed by atoms with van der Waals surface area (Å²) in [6.45, 7) is 11.5. The second-order valence-corrected chi connectivity index (χ2v) is 11.7. The maximum atomic E-state index is 11.5. The number of rotatable bonds is 7. The van der Waals surface area contributed by atoms with E-state index in [1.165, 1.54) is 24.3 Å². The van der Waals surface area contributed by atoms with Gasteiger partial charge in [-0.25, -0.2) is 4.79 Å². The van der Waals surface area contributed by atoms with Gasteiger partial charge in [0.25, 0.3) is 5.69 Å². The summed E-state index contributed by atoms with van der Waals surface area (Å²) < 4.78 is 15.9. The zero-order valence-corrected chi connectivity index (χ0v) is 15.8. The van der Waals surface area contributed by atoms with Gasteiger partial charge in [-0.3, -0.25) is 10.1 Å². The van der Waals surface area contributed by atoms with E-state index in [1.807, 2.05) is 0 Å². The van der Waals surface area contributed by atoms with E-state index in [0.29, 0.717) is 13.0 Å². The second-order valence-electron chi connectivity index (χ2n) is 6.91. The Morgan fingerprint density at radius 1 is 1.17 bits per heavy atom. The number of nitro groups is 1. The first kappa shape index (κ1) is 20.1. The lowest BCUT2D eigenvalue weighted by molar-refractivity contribution is -0.384. The molecule has 0 aliphatic heterocycles. The summed E-state index contributed by atoms with van der Waals surface area (Å²) in [5.41, 5.74) is -0.0708. The van der Waals surface area contributed by atoms with Crippen molar-refractivity contribution >= 4 is 20.2 Å². The van der Waals surface area contributed by atoms with Crippen molar-refractivity contribution in [2.24, 2.45) is 0 Å². The predicted octanol–water partition coefficient (Wildman–Crippen LogP) is 4.52. The van der Waals surface area contributed by atoms with Crippen molar-refractivity contribution in [3.63, 3.8) is 0 Å². The van der Waals surface area contributed by atoms with E-state index in [0.717, 1.165) is 0 Å². The quantitative estimate of drug-likeness (QED) is 0.178. The van der Waals surface area contributed by atoms with Gasteiger partial charge in [-0.05, 0) is 30.3 Å². The topological polar surface area (TPSA) is 87.9 Å². The van der Waals surface area contributed by atoms with Crippen LogP contribution in [0.1, 0.15) is 27.2 Å². The molecule has 0 aliphatic carbocycles. The number of nitro benzene ring substituents is 1. The molecule has 0 unspecified atom stereocenters. The molecule has 0 spiro atoms. The Hall–Kier alpha value is -1.93. The Kier molecular flexibility index (Phi) is 6.91. The fraction of sp³-hybridized carbons (Fsp3) is 0.562. The van der Waals surface area contributed by atoms with Crippen LogP contribution in [0.25, 0.3) is 0 Å². The van der Waals surface area contributed by atoms with E-state index < -0.39 is 19.4 Å². The van der Waals surface area contributed by atoms with Gasteiger partial charge in [0.15, 0.2) is 8.32 Å². The fourth-order valence-corrected chi connectivity index (χ4v) is 2.61. The molecular formula is C16H25NO6Si. The number of ether oxygens (including phenoxy) is 2. The van der Waals surface area contributed by atoms with E-state index in [2.05, 4.69) is 33.9 Å². The monoisotopic (exact) mass is 355 g/mol. The third-order valence-electron chi connectivity index (χ3n) is 4.03. The molecule has 0 bridgehead atoms. The molecule has 1 aromatic carbocycles. The molecule has 8 heteroatoms. The van der Waals surface area contributed by atoms with Crippen LogP contribution in [-0.2, 0) is 9.16 Å². The molecule has 0 saturated carbocycles. The van der Waals surface area contributed by atoms with Crippen LogP contribution in [0.15, 0.2) is 24.3 Å². The van der Waals surface area contributed by atoms with Crippen molar-refractivity contribution in [3.8, 4) is 5.75 Å². The van der Waals surface area contributed by atoms with Crippen LogP contribution in [0.2, 0.25) is 18.1 Å². The molecule has 7 nitrogen and oxygen atoms in total. The molecule has 134 valence electrons. The number of non-ortho nitro benzene ring substituents is 1. The largest absolute Gasteiger partial charge is 0.513 e. The highest BCUT2D eigenvalue weighted by atomic mass is 28.4. The SMILES string of the molecule is CC(C)(C)[Si](C)(C)OCCCOC(=O)Oc1ccc([N+](=O)[O-])cc1. The van der Waals surface area contributed by atoms with Crippen molar-refractivity contribution < 1.29 is 23.6 Å². The van der Waals surface area contributed by atoms with E-state index in [1.54, 1.807) is 0 Å². The maximum Gasteiger partial charge on any atom is 0.513 e. The third-order valence-corrected chi connectivity index (χ3v) is 8.56. The number of hydrogen-bond acceptors (Lipinski definition) is 6. The van der Waals surface area contributed by atoms with Crippen LogP contribution < -0.4 is 4.74 Å². The summed E-state index contributed by atoms with van der Waals surface area (Å²) in [7, 11) is -1.78. The Morgan fingerprint density at radius 2 is 1.75 bits per heavy atom. The van der Waals surface area contributed by atoms with Crippen molar-refractivity contribution in [2.45, 2.75) is 45.3 Å². The van der Waals surface area contributed by atoms with E-state index in [4.69, 9.17) is 13.9 Å². The lowest BCUT2D eigenvalue weighted by Crippen LogP contribution is -2.41. The van der Waals surface area contributed by atoms with Crippen molar-refractivity contribution in [1.29, 1.82) is 0 Å². The minimum Gasteiger partial charge on any atom is -0.434 e. The van der Waals surface area contributed by atoms with Gasteiger partial charge in [-0.2, -0.15) is 0 Å². The van der Waals surface area contributed by atoms with Crippen molar-refractivity contribution in [3.05, 3.63) is 34.4 Å². The molecule has 0 amide bonds. The first-order valence-electron chi connectivity index (χ1n) is 7.76. The normalized spacial score (nSPS) is 11.9. The molecule has 1 aromatic rings. The van der Waals surface area contributed by atoms with Crippen molar-refractivity contribution in [1.82, 2.24) is 0 Å². The zero-order valence-electron chi connectivity index (χ0n) is 14.8. The van der Waals surface area contributed by atoms with Crippen LogP contribution in [0, 0.1) is 10.1 Å². The number of carbonyl (C=O) groups excluding carboxylic acids is 1. The van der Waals surface area contributed by atoms with Gasteiger partial charge in [-0.1, -0.05) is 20.8 Å². The standard InChI is InChI=1S/C16H25NO6Si/c1-16(2,3)24(4,5)22-12-6-11-21-15(18)23-14-9-7-13(8-10-14)17(19)20/h7-10H,6,11-12H2,1-5H3. The molecule has 0 radical (unpaired) electrons. The van der Waals surface area contributed by atoms with Crippen LogP contribution in [0.4, 0.5) is 10.5 Å². The summed E-state index contributed by atoms with van der Waals surface area (Å²) in [4.78, 5) is 21.6. The van der Waals surface area contributed by atoms with Crippen LogP contribution in [0.3, 0.4) is 0 Å². The van der Waals surface area contributed by atoms with Gasteiger partial charge in [0.05, 0.1) is 11.5 Å². The van der Waals surface area contributed by atoms with Gasteiger partial charge in [0.1, 0.15) is 5.75 Å². The van der Waals surface area contributed by atoms with Crippen LogP contribution in [0.5, 0.6) is 5.75 Å². The summed E-state index contributed by atoms with van der Waals surface area (Å²) in [5.74, 6) is 0.197. The average molecular weight is 355 g/mol. The third kappa shape index (κ3) is 6.29. The van der Waals surface area contributed by atoms with E-state index in [9.17, 15) is 14.9 Å². The van der Waals surface area contributed by atoms with E-state index in [-0.39, 0.29) is 23.1 Å². The molecule has 0 aliphatic rings. The molecule has 0 heterocycles. The molecule has 0 N–H and O–H groups in total. The van der Waals surface area contributed by atoms with E-state index >= 15 is 0 Å². The Labute approximate surface area is 143 Å². The summed E-state index contributed by atoms with van der Waals surface area (Å²) in [6, 6.07) is 5.21. The molecule has 0 saturated heterocycles. The van der Waals surface area contributed by atoms with Gasteiger partial charge in [-0.15, -0.1) is 0 Å². The fourth-order valence-electron chi connectivity index (χ4n) is 1.52. The zero-order chi connectivity index (χ0) is 18.4. The first-order chi connectivity index (χ1) is 11.0. The minimum absolute atomic E-state index is 0.0708. The average Bonchev–Trinajstić information content (AvgIpc) is 2.46. The van der Waals surface area contributed by atoms with Crippen molar-refractivity contribution in [2.75, 3.05) is 13.2 Å². The smallest absolute Gasteiger partial charge is 0.434 e. The van der Waals surface area contributed by atoms with Gasteiger partial charge in [0.2, 0.25) is 0 Å². The summed E-state index contributed by atoms with van der Waals surface area (Å²) in [6.07, 6.45) is -0.252. The molecular weight excluding hydrogens is 330 g/mol. The van der Waals surface area contributed by atoms with Gasteiger partial charge in [0, 0.05) is 25.2 Å². The Morgan fingerprint density at radius 3 is 2.25 bits per heavy atom. The summed E-state index contributed by atoms with van der Waals surface area (Å²) in [5, 5.41) is 10.7. The second kappa shape index (κ2) is 8.25. The Balaban J connectivity index is 2.28. The highest BCUT2D eigenvalue weighted by molar-refractivity contribution is 6.74. The van der Waals surface area contributed by atoms with Gasteiger partial charge < -0.3 is 13.9 Å². The lowest BCUT2D eigenvalue weighted by Gasteiger charge is -2.36. The number of nitrogens with zero attached hydrogens (tertiary/aromatic N) is 1. The summed E-state index contributed by atoms with van der Waals surface area (Å²) >= 11 is 0. The molecule has 0 fully saturated rings. The molecule has 24 heavy (non-hydrogen) atoms. The lowest BCUT2D eigenvalue weighted by atomic mass is 10.2. The number of benzene rings is 1. The highest BCUT2D eigenvalue weighted by Crippen LogP contribution is 2.36. The number of hydrogen-bond donors (Lipinski definition) is 0. The molecule has 0 atom stereocenters. The number of carbonyl (C=O) groups is 1. The minimum atomic E-state index is -1.78. The first-order valence-corrected chi connectivity index (χ1v) is 10.7. The highest BCUT2D eigenvalue weighted by Gasteiger charge is 2.36. The van der Waals surface area contributed by atoms with Crippen LogP contribution >= 0.6 is 0 Å². The predicted molar refractivity (Wildman–Crippen MR) is 92.8 cm³/mol. The van der Waals surface area contributed by atoms with Crippen LogP contribution in [-0.4, -0.2) is 32.6 Å². The molecule has 0 aromatic heterocycles. The maximum absolute atomic E-state index is 11.5.